The van der Waals surface area contributed by atoms with Gasteiger partial charge in [0.2, 0.25) is 9.84 Å². The topological polar surface area (TPSA) is 63.6 Å². The summed E-state index contributed by atoms with van der Waals surface area (Å²) in [5.74, 6) is -0.547. The Morgan fingerprint density at radius 1 is 1.08 bits per heavy atom. The summed E-state index contributed by atoms with van der Waals surface area (Å²) in [4.78, 5) is 0.510. The van der Waals surface area contributed by atoms with Crippen molar-refractivity contribution in [1.29, 1.82) is 0 Å². The van der Waals surface area contributed by atoms with Crippen molar-refractivity contribution in [1.82, 2.24) is 0 Å². The number of hydrogen-bond donors (Lipinski definition) is 1. The van der Waals surface area contributed by atoms with Crippen LogP contribution in [0.5, 0.6) is 0 Å². The molecule has 0 fully saturated rings. The Balaban J connectivity index is 1.83. The first kappa shape index (κ1) is 18.8. The first-order chi connectivity index (χ1) is 12.3. The van der Waals surface area contributed by atoms with E-state index in [0.29, 0.717) is 13.0 Å². The summed E-state index contributed by atoms with van der Waals surface area (Å²) in [6, 6.07) is 18.1. The minimum atomic E-state index is -3.62. The molecule has 26 heavy (non-hydrogen) atoms. The van der Waals surface area contributed by atoms with Crippen LogP contribution in [-0.2, 0) is 21.2 Å². The van der Waals surface area contributed by atoms with Crippen molar-refractivity contribution in [3.8, 4) is 0 Å². The Hall–Kier alpha value is -1.95. The third-order valence-corrected chi connectivity index (χ3v) is 7.08. The molecule has 0 aromatic heterocycles. The maximum Gasteiger partial charge on any atom is 0.202 e. The number of sulfone groups is 1. The molecule has 3 atom stereocenters. The van der Waals surface area contributed by atoms with Crippen LogP contribution in [0.4, 0.5) is 0 Å². The summed E-state index contributed by atoms with van der Waals surface area (Å²) in [5.41, 5.74) is 0.186. The van der Waals surface area contributed by atoms with E-state index < -0.39 is 27.5 Å². The zero-order valence-electron chi connectivity index (χ0n) is 15.0. The number of ether oxygens (including phenoxy) is 1. The van der Waals surface area contributed by atoms with Crippen molar-refractivity contribution in [2.75, 3.05) is 0 Å². The highest BCUT2D eigenvalue weighted by Gasteiger charge is 2.44. The van der Waals surface area contributed by atoms with Crippen LogP contribution in [0.15, 0.2) is 76.5 Å². The van der Waals surface area contributed by atoms with Gasteiger partial charge in [-0.1, -0.05) is 61.5 Å². The molecule has 0 saturated heterocycles. The smallest absolute Gasteiger partial charge is 0.202 e. The zero-order chi connectivity index (χ0) is 18.8. The second-order valence-electron chi connectivity index (χ2n) is 6.95. The SMILES string of the molecule is C[C@H]1C(S(=O)(=O)c2ccccc2)=CC[C@@](C)(OCc2ccccc2)[C@H]1O. The van der Waals surface area contributed by atoms with Gasteiger partial charge in [-0.3, -0.25) is 0 Å². The van der Waals surface area contributed by atoms with Gasteiger partial charge < -0.3 is 9.84 Å². The Morgan fingerprint density at radius 2 is 1.65 bits per heavy atom. The fourth-order valence-electron chi connectivity index (χ4n) is 3.35. The molecular weight excluding hydrogens is 348 g/mol. The van der Waals surface area contributed by atoms with E-state index in [1.807, 2.05) is 37.3 Å². The summed E-state index contributed by atoms with van der Waals surface area (Å²) in [5, 5.41) is 10.8. The van der Waals surface area contributed by atoms with Crippen LogP contribution < -0.4 is 0 Å². The molecule has 1 N–H and O–H groups in total. The van der Waals surface area contributed by atoms with Gasteiger partial charge in [0.1, 0.15) is 0 Å². The quantitative estimate of drug-likeness (QED) is 0.869. The summed E-state index contributed by atoms with van der Waals surface area (Å²) in [7, 11) is -3.62. The largest absolute Gasteiger partial charge is 0.389 e. The third-order valence-electron chi connectivity index (χ3n) is 5.03. The zero-order valence-corrected chi connectivity index (χ0v) is 15.8. The van der Waals surface area contributed by atoms with E-state index in [2.05, 4.69) is 0 Å². The highest BCUT2D eigenvalue weighted by molar-refractivity contribution is 7.95. The van der Waals surface area contributed by atoms with E-state index in [9.17, 15) is 13.5 Å². The van der Waals surface area contributed by atoms with Crippen molar-refractivity contribution in [2.24, 2.45) is 5.92 Å². The molecule has 5 heteroatoms. The van der Waals surface area contributed by atoms with Gasteiger partial charge >= 0.3 is 0 Å². The average Bonchev–Trinajstić information content (AvgIpc) is 2.66. The monoisotopic (exact) mass is 372 g/mol. The number of hydrogen-bond acceptors (Lipinski definition) is 4. The van der Waals surface area contributed by atoms with Gasteiger partial charge in [-0.15, -0.1) is 0 Å². The van der Waals surface area contributed by atoms with Gasteiger partial charge in [-0.05, 0) is 31.0 Å². The predicted molar refractivity (Wildman–Crippen MR) is 101 cm³/mol. The number of aliphatic hydroxyl groups is 1. The van der Waals surface area contributed by atoms with E-state index >= 15 is 0 Å². The Kier molecular flexibility index (Phi) is 5.32. The minimum Gasteiger partial charge on any atom is -0.389 e. The lowest BCUT2D eigenvalue weighted by atomic mass is 9.81. The lowest BCUT2D eigenvalue weighted by Gasteiger charge is -2.41. The normalized spacial score (nSPS) is 26.3. The Labute approximate surface area is 155 Å². The lowest BCUT2D eigenvalue weighted by Crippen LogP contribution is -2.49. The second-order valence-corrected chi connectivity index (χ2v) is 8.90. The molecule has 0 spiro atoms. The summed E-state index contributed by atoms with van der Waals surface area (Å²) < 4.78 is 31.8. The van der Waals surface area contributed by atoms with Crippen LogP contribution in [0.25, 0.3) is 0 Å². The third kappa shape index (κ3) is 3.61. The van der Waals surface area contributed by atoms with Crippen LogP contribution in [0.3, 0.4) is 0 Å². The molecule has 2 aromatic carbocycles. The molecule has 138 valence electrons. The lowest BCUT2D eigenvalue weighted by molar-refractivity contribution is -0.134. The summed E-state index contributed by atoms with van der Waals surface area (Å²) in [6.45, 7) is 3.94. The standard InChI is InChI=1S/C21H24O4S/c1-16-19(26(23,24)18-11-7-4-8-12-18)13-14-21(2,20(16)22)25-15-17-9-5-3-6-10-17/h3-13,16,20,22H,14-15H2,1-2H3/t16-,20-,21+/m0/s1. The molecule has 0 aliphatic heterocycles. The molecule has 2 aromatic rings. The molecule has 0 heterocycles. The van der Waals surface area contributed by atoms with E-state index in [4.69, 9.17) is 4.74 Å². The molecule has 0 bridgehead atoms. The van der Waals surface area contributed by atoms with Gasteiger partial charge in [0.25, 0.3) is 0 Å². The molecule has 1 aliphatic rings. The first-order valence-electron chi connectivity index (χ1n) is 8.71. The van der Waals surface area contributed by atoms with Crippen LogP contribution >= 0.6 is 0 Å². The van der Waals surface area contributed by atoms with Gasteiger partial charge in [-0.2, -0.15) is 0 Å². The highest BCUT2D eigenvalue weighted by atomic mass is 32.2. The fraction of sp³-hybridized carbons (Fsp3) is 0.333. The Morgan fingerprint density at radius 3 is 2.27 bits per heavy atom. The van der Waals surface area contributed by atoms with Crippen molar-refractivity contribution < 1.29 is 18.3 Å². The molecule has 0 amide bonds. The van der Waals surface area contributed by atoms with Gasteiger partial charge in [0, 0.05) is 5.92 Å². The molecule has 3 rings (SSSR count). The van der Waals surface area contributed by atoms with Crippen LogP contribution in [-0.4, -0.2) is 25.2 Å². The van der Waals surface area contributed by atoms with E-state index in [1.165, 1.54) is 0 Å². The van der Waals surface area contributed by atoms with Crippen molar-refractivity contribution in [3.63, 3.8) is 0 Å². The van der Waals surface area contributed by atoms with Crippen molar-refractivity contribution >= 4 is 9.84 Å². The average molecular weight is 372 g/mol. The second kappa shape index (κ2) is 7.35. The molecule has 0 unspecified atom stereocenters. The first-order valence-corrected chi connectivity index (χ1v) is 10.2. The summed E-state index contributed by atoms with van der Waals surface area (Å²) in [6.07, 6.45) is 1.13. The Bertz CT molecular complexity index is 875. The van der Waals surface area contributed by atoms with Gasteiger partial charge in [-0.25, -0.2) is 8.42 Å². The van der Waals surface area contributed by atoms with E-state index in [-0.39, 0.29) is 9.80 Å². The van der Waals surface area contributed by atoms with E-state index in [0.717, 1.165) is 5.56 Å². The number of rotatable bonds is 5. The number of benzene rings is 2. The van der Waals surface area contributed by atoms with Crippen molar-refractivity contribution in [2.45, 2.75) is 43.5 Å². The fourth-order valence-corrected chi connectivity index (χ4v) is 5.06. The summed E-state index contributed by atoms with van der Waals surface area (Å²) >= 11 is 0. The number of aliphatic hydroxyl groups excluding tert-OH is 1. The van der Waals surface area contributed by atoms with Gasteiger partial charge in [0.05, 0.1) is 28.1 Å². The molecule has 0 saturated carbocycles. The van der Waals surface area contributed by atoms with Crippen LogP contribution in [0.2, 0.25) is 0 Å². The highest BCUT2D eigenvalue weighted by Crippen LogP contribution is 2.39. The van der Waals surface area contributed by atoms with Crippen LogP contribution in [0, 0.1) is 5.92 Å². The molecule has 1 aliphatic carbocycles. The van der Waals surface area contributed by atoms with Crippen LogP contribution in [0.1, 0.15) is 25.8 Å². The van der Waals surface area contributed by atoms with E-state index in [1.54, 1.807) is 43.3 Å². The molecule has 0 radical (unpaired) electrons. The van der Waals surface area contributed by atoms with Gasteiger partial charge in [0.15, 0.2) is 0 Å². The maximum absolute atomic E-state index is 12.9. The molecular formula is C21H24O4S. The minimum absolute atomic E-state index is 0.249. The predicted octanol–water partition coefficient (Wildman–Crippen LogP) is 3.72. The van der Waals surface area contributed by atoms with Crippen molar-refractivity contribution in [3.05, 3.63) is 77.2 Å². The maximum atomic E-state index is 12.9. The molecule has 4 nitrogen and oxygen atoms in total.